The fourth-order valence-electron chi connectivity index (χ4n) is 2.10. The number of hydrogen-bond donors (Lipinski definition) is 0. The molecule has 0 aromatic heterocycles. The quantitative estimate of drug-likeness (QED) is 0.226. The van der Waals surface area contributed by atoms with Crippen molar-refractivity contribution in [2.75, 3.05) is 26.2 Å². The van der Waals surface area contributed by atoms with Gasteiger partial charge in [0.15, 0.2) is 0 Å². The predicted molar refractivity (Wildman–Crippen MR) is 90.4 cm³/mol. The van der Waals surface area contributed by atoms with Gasteiger partial charge in [-0.2, -0.15) is 0 Å². The number of unbranched alkanes of at least 4 members (excludes halogenated alkanes) is 8. The Balaban J connectivity index is 3.08. The summed E-state index contributed by atoms with van der Waals surface area (Å²) in [6.45, 7) is 11.0. The van der Waals surface area contributed by atoms with Crippen molar-refractivity contribution in [3.8, 4) is 0 Å². The van der Waals surface area contributed by atoms with E-state index in [1.807, 2.05) is 6.08 Å². The molecule has 0 bridgehead atoms. The van der Waals surface area contributed by atoms with E-state index in [4.69, 9.17) is 0 Å². The van der Waals surface area contributed by atoms with Crippen LogP contribution >= 0.6 is 7.26 Å². The third kappa shape index (κ3) is 15.9. The maximum Gasteiger partial charge on any atom is 0.0586 e. The van der Waals surface area contributed by atoms with Crippen molar-refractivity contribution in [3.05, 3.63) is 24.8 Å². The van der Waals surface area contributed by atoms with Crippen LogP contribution in [0.3, 0.4) is 0 Å². The summed E-state index contributed by atoms with van der Waals surface area (Å²) < 4.78 is 0. The molecule has 0 nitrogen and oxygen atoms in total. The molecule has 0 heterocycles. The van der Waals surface area contributed by atoms with Crippen molar-refractivity contribution in [1.29, 1.82) is 0 Å². The monoisotopic (exact) mass is 269 g/mol. The lowest BCUT2D eigenvalue weighted by atomic mass is 10.1. The van der Waals surface area contributed by atoms with E-state index in [1.165, 1.54) is 63.9 Å². The largest absolute Gasteiger partial charge is 0.0991 e. The first kappa shape index (κ1) is 17.9. The molecule has 1 heteroatoms. The molecular formula is C17H34P+. The average Bonchev–Trinajstić information content (AvgIpc) is 2.29. The molecule has 0 N–H and O–H groups in total. The molecule has 0 aliphatic carbocycles. The van der Waals surface area contributed by atoms with E-state index in [9.17, 15) is 0 Å². The standard InChI is InChI=1S/C17H34P/c1-5-6-7-8-9-10-11-12-13-14-15-16-17-18(2,3)4/h5-7H,1,8-17H2,2-4H3/q+1. The molecule has 106 valence electrons. The fourth-order valence-corrected chi connectivity index (χ4v) is 3.27. The second-order valence-electron chi connectivity index (χ2n) is 6.29. The summed E-state index contributed by atoms with van der Waals surface area (Å²) in [6, 6.07) is 0. The molecule has 0 aromatic carbocycles. The van der Waals surface area contributed by atoms with Crippen LogP contribution in [0.15, 0.2) is 24.8 Å². The molecule has 0 rings (SSSR count). The maximum atomic E-state index is 3.67. The van der Waals surface area contributed by atoms with Crippen molar-refractivity contribution in [1.82, 2.24) is 0 Å². The molecule has 18 heavy (non-hydrogen) atoms. The van der Waals surface area contributed by atoms with Crippen LogP contribution in [0.5, 0.6) is 0 Å². The van der Waals surface area contributed by atoms with Gasteiger partial charge in [-0.05, 0) is 25.7 Å². The third-order valence-electron chi connectivity index (χ3n) is 3.22. The predicted octanol–water partition coefficient (Wildman–Crippen LogP) is 6.15. The first-order valence-corrected chi connectivity index (χ1v) is 11.0. The van der Waals surface area contributed by atoms with E-state index in [2.05, 4.69) is 38.7 Å². The first-order valence-electron chi connectivity index (χ1n) is 7.64. The Morgan fingerprint density at radius 2 is 1.28 bits per heavy atom. The maximum absolute atomic E-state index is 3.67. The van der Waals surface area contributed by atoms with Gasteiger partial charge in [-0.3, -0.25) is 0 Å². The minimum Gasteiger partial charge on any atom is -0.0991 e. The summed E-state index contributed by atoms with van der Waals surface area (Å²) in [5, 5.41) is 0. The van der Waals surface area contributed by atoms with E-state index in [1.54, 1.807) is 0 Å². The van der Waals surface area contributed by atoms with Gasteiger partial charge in [-0.15, -0.1) is 0 Å². The first-order chi connectivity index (χ1) is 8.56. The van der Waals surface area contributed by atoms with Gasteiger partial charge in [-0.1, -0.05) is 56.9 Å². The number of rotatable bonds is 12. The molecule has 0 aromatic rings. The van der Waals surface area contributed by atoms with Crippen LogP contribution in [-0.2, 0) is 0 Å². The minimum absolute atomic E-state index is 0.509. The van der Waals surface area contributed by atoms with Crippen molar-refractivity contribution in [2.45, 2.75) is 57.8 Å². The molecule has 0 saturated heterocycles. The van der Waals surface area contributed by atoms with Gasteiger partial charge in [0.2, 0.25) is 0 Å². The van der Waals surface area contributed by atoms with Gasteiger partial charge >= 0.3 is 0 Å². The Hall–Kier alpha value is -0.0900. The Morgan fingerprint density at radius 1 is 0.778 bits per heavy atom. The highest BCUT2D eigenvalue weighted by Crippen LogP contribution is 2.47. The van der Waals surface area contributed by atoms with Crippen LogP contribution in [0.1, 0.15) is 57.8 Å². The molecule has 0 aliphatic heterocycles. The highest BCUT2D eigenvalue weighted by molar-refractivity contribution is 7.73. The molecule has 0 unspecified atom stereocenters. The van der Waals surface area contributed by atoms with Gasteiger partial charge in [0.25, 0.3) is 0 Å². The Labute approximate surface area is 116 Å². The second kappa shape index (κ2) is 12.0. The Morgan fingerprint density at radius 3 is 1.78 bits per heavy atom. The lowest BCUT2D eigenvalue weighted by molar-refractivity contribution is 0.578. The van der Waals surface area contributed by atoms with Crippen LogP contribution in [0.2, 0.25) is 0 Å². The van der Waals surface area contributed by atoms with Crippen molar-refractivity contribution in [3.63, 3.8) is 0 Å². The SMILES string of the molecule is C=CC=CCCCCCCCCCC[P+](C)(C)C. The molecule has 0 amide bonds. The number of hydrogen-bond acceptors (Lipinski definition) is 0. The normalized spacial score (nSPS) is 12.2. The van der Waals surface area contributed by atoms with E-state index in [0.29, 0.717) is 0 Å². The molecule has 0 atom stereocenters. The Bertz CT molecular complexity index is 210. The van der Waals surface area contributed by atoms with Crippen LogP contribution in [-0.4, -0.2) is 26.2 Å². The van der Waals surface area contributed by atoms with Crippen LogP contribution in [0.25, 0.3) is 0 Å². The molecular weight excluding hydrogens is 235 g/mol. The lowest BCUT2D eigenvalue weighted by Gasteiger charge is -2.10. The summed E-state index contributed by atoms with van der Waals surface area (Å²) >= 11 is 0. The second-order valence-corrected chi connectivity index (χ2v) is 11.3. The summed E-state index contributed by atoms with van der Waals surface area (Å²) in [5.41, 5.74) is 0. The Kier molecular flexibility index (Phi) is 11.9. The van der Waals surface area contributed by atoms with Crippen molar-refractivity contribution >= 4 is 7.26 Å². The zero-order valence-corrected chi connectivity index (χ0v) is 13.9. The summed E-state index contributed by atoms with van der Waals surface area (Å²) in [7, 11) is -0.509. The summed E-state index contributed by atoms with van der Waals surface area (Å²) in [6.07, 6.45) is 20.3. The van der Waals surface area contributed by atoms with Crippen molar-refractivity contribution in [2.24, 2.45) is 0 Å². The topological polar surface area (TPSA) is 0 Å². The molecule has 0 spiro atoms. The van der Waals surface area contributed by atoms with Gasteiger partial charge in [0.1, 0.15) is 0 Å². The van der Waals surface area contributed by atoms with E-state index < -0.39 is 7.26 Å². The van der Waals surface area contributed by atoms with Crippen LogP contribution < -0.4 is 0 Å². The van der Waals surface area contributed by atoms with Gasteiger partial charge in [0.05, 0.1) is 6.16 Å². The highest BCUT2D eigenvalue weighted by atomic mass is 31.2. The summed E-state index contributed by atoms with van der Waals surface area (Å²) in [5.74, 6) is 0. The zero-order valence-electron chi connectivity index (χ0n) is 13.0. The molecule has 0 aliphatic rings. The zero-order chi connectivity index (χ0) is 13.7. The van der Waals surface area contributed by atoms with E-state index >= 15 is 0 Å². The lowest BCUT2D eigenvalue weighted by Crippen LogP contribution is -1.92. The molecule has 0 fully saturated rings. The van der Waals surface area contributed by atoms with Gasteiger partial charge in [0, 0.05) is 27.3 Å². The van der Waals surface area contributed by atoms with Crippen LogP contribution in [0, 0.1) is 0 Å². The smallest absolute Gasteiger partial charge is 0.0586 e. The van der Waals surface area contributed by atoms with E-state index in [0.717, 1.165) is 0 Å². The average molecular weight is 269 g/mol. The van der Waals surface area contributed by atoms with Gasteiger partial charge < -0.3 is 0 Å². The third-order valence-corrected chi connectivity index (χ3v) is 4.88. The summed E-state index contributed by atoms with van der Waals surface area (Å²) in [4.78, 5) is 0. The number of allylic oxidation sites excluding steroid dienone is 3. The van der Waals surface area contributed by atoms with Crippen molar-refractivity contribution < 1.29 is 0 Å². The van der Waals surface area contributed by atoms with Gasteiger partial charge in [-0.25, -0.2) is 0 Å². The molecule has 0 radical (unpaired) electrons. The van der Waals surface area contributed by atoms with E-state index in [-0.39, 0.29) is 0 Å². The highest BCUT2D eigenvalue weighted by Gasteiger charge is 2.15. The van der Waals surface area contributed by atoms with Crippen LogP contribution in [0.4, 0.5) is 0 Å². The molecule has 0 saturated carbocycles. The fraction of sp³-hybridized carbons (Fsp3) is 0.765. The minimum atomic E-state index is -0.509.